The van der Waals surface area contributed by atoms with Crippen LogP contribution in [0.5, 0.6) is 5.75 Å². The minimum atomic E-state index is -1.47. The van der Waals surface area contributed by atoms with Gasteiger partial charge in [-0.1, -0.05) is 12.1 Å². The van der Waals surface area contributed by atoms with E-state index in [9.17, 15) is 9.90 Å². The van der Waals surface area contributed by atoms with Gasteiger partial charge in [-0.25, -0.2) is 0 Å². The van der Waals surface area contributed by atoms with E-state index in [0.29, 0.717) is 11.4 Å². The van der Waals surface area contributed by atoms with Gasteiger partial charge in [0.25, 0.3) is 5.85 Å². The van der Waals surface area contributed by atoms with Crippen LogP contribution in [0.1, 0.15) is 6.42 Å². The number of carbonyl (C=O) groups is 1. The molecule has 2 aliphatic rings. The standard InChI is InChI=1S/C10H10N2O3/c13-9-5-8-10(14,12-9)11-6-3-1-2-4-7(6)15-8/h1-4,8,11,14H,5H2,(H,12,13). The number of para-hydroxylation sites is 2. The molecule has 1 amide bonds. The van der Waals surface area contributed by atoms with Crippen molar-refractivity contribution < 1.29 is 14.6 Å². The molecule has 1 fully saturated rings. The first kappa shape index (κ1) is 8.55. The first-order valence-electron chi connectivity index (χ1n) is 4.75. The molecule has 0 saturated carbocycles. The highest BCUT2D eigenvalue weighted by molar-refractivity contribution is 5.82. The van der Waals surface area contributed by atoms with Gasteiger partial charge < -0.3 is 20.5 Å². The van der Waals surface area contributed by atoms with Crippen molar-refractivity contribution >= 4 is 11.6 Å². The fourth-order valence-electron chi connectivity index (χ4n) is 1.93. The first-order valence-corrected chi connectivity index (χ1v) is 4.75. The molecule has 0 spiro atoms. The van der Waals surface area contributed by atoms with Crippen LogP contribution in [0.15, 0.2) is 24.3 Å². The molecule has 1 aromatic rings. The Morgan fingerprint density at radius 2 is 2.20 bits per heavy atom. The van der Waals surface area contributed by atoms with Crippen molar-refractivity contribution in [1.29, 1.82) is 0 Å². The van der Waals surface area contributed by atoms with Crippen molar-refractivity contribution in [1.82, 2.24) is 5.32 Å². The van der Waals surface area contributed by atoms with Crippen molar-refractivity contribution in [3.8, 4) is 5.75 Å². The third kappa shape index (κ3) is 1.16. The lowest BCUT2D eigenvalue weighted by Crippen LogP contribution is -2.58. The van der Waals surface area contributed by atoms with Gasteiger partial charge in [0, 0.05) is 0 Å². The number of fused-ring (bicyclic) bond motifs is 2. The van der Waals surface area contributed by atoms with Gasteiger partial charge in [0.2, 0.25) is 5.91 Å². The minimum Gasteiger partial charge on any atom is -0.481 e. The van der Waals surface area contributed by atoms with Gasteiger partial charge in [-0.05, 0) is 12.1 Å². The quantitative estimate of drug-likeness (QED) is 0.560. The van der Waals surface area contributed by atoms with E-state index in [0.717, 1.165) is 0 Å². The minimum absolute atomic E-state index is 0.165. The molecule has 78 valence electrons. The molecule has 0 radical (unpaired) electrons. The molecule has 1 aromatic carbocycles. The molecule has 2 unspecified atom stereocenters. The van der Waals surface area contributed by atoms with Crippen LogP contribution in [0, 0.1) is 0 Å². The molecule has 0 aromatic heterocycles. The summed E-state index contributed by atoms with van der Waals surface area (Å²) in [4.78, 5) is 11.2. The normalized spacial score (nSPS) is 32.1. The maximum absolute atomic E-state index is 11.2. The average Bonchev–Trinajstić information content (AvgIpc) is 2.47. The maximum Gasteiger partial charge on any atom is 0.255 e. The summed E-state index contributed by atoms with van der Waals surface area (Å²) in [5.74, 6) is -1.03. The molecule has 2 heterocycles. The number of hydrogen-bond donors (Lipinski definition) is 3. The number of rotatable bonds is 0. The number of aliphatic hydroxyl groups is 1. The molecular formula is C10H10N2O3. The summed E-state index contributed by atoms with van der Waals surface area (Å²) >= 11 is 0. The third-order valence-electron chi connectivity index (χ3n) is 2.65. The summed E-state index contributed by atoms with van der Waals surface area (Å²) < 4.78 is 5.53. The molecule has 2 aliphatic heterocycles. The summed E-state index contributed by atoms with van der Waals surface area (Å²) in [5, 5.41) is 15.4. The lowest BCUT2D eigenvalue weighted by molar-refractivity contribution is -0.121. The third-order valence-corrected chi connectivity index (χ3v) is 2.65. The van der Waals surface area contributed by atoms with E-state index in [-0.39, 0.29) is 12.3 Å². The molecule has 15 heavy (non-hydrogen) atoms. The fourth-order valence-corrected chi connectivity index (χ4v) is 1.93. The Balaban J connectivity index is 2.02. The molecule has 0 bridgehead atoms. The molecular weight excluding hydrogens is 196 g/mol. The summed E-state index contributed by atoms with van der Waals surface area (Å²) in [6, 6.07) is 7.25. The number of ether oxygens (including phenoxy) is 1. The second-order valence-electron chi connectivity index (χ2n) is 3.75. The van der Waals surface area contributed by atoms with Crippen LogP contribution < -0.4 is 15.4 Å². The van der Waals surface area contributed by atoms with E-state index in [4.69, 9.17) is 4.74 Å². The van der Waals surface area contributed by atoms with Gasteiger partial charge in [0.15, 0.2) is 6.10 Å². The number of amides is 1. The highest BCUT2D eigenvalue weighted by atomic mass is 16.5. The smallest absolute Gasteiger partial charge is 0.255 e. The zero-order valence-electron chi connectivity index (χ0n) is 7.86. The van der Waals surface area contributed by atoms with Gasteiger partial charge in [-0.3, -0.25) is 4.79 Å². The van der Waals surface area contributed by atoms with Crippen LogP contribution in [-0.4, -0.2) is 23.0 Å². The van der Waals surface area contributed by atoms with E-state index in [1.54, 1.807) is 12.1 Å². The topological polar surface area (TPSA) is 70.6 Å². The van der Waals surface area contributed by atoms with E-state index in [1.807, 2.05) is 12.1 Å². The molecule has 1 saturated heterocycles. The number of benzene rings is 1. The van der Waals surface area contributed by atoms with Crippen molar-refractivity contribution in [2.75, 3.05) is 5.32 Å². The Morgan fingerprint density at radius 1 is 1.40 bits per heavy atom. The fraction of sp³-hybridized carbons (Fsp3) is 0.300. The average molecular weight is 206 g/mol. The van der Waals surface area contributed by atoms with Crippen LogP contribution >= 0.6 is 0 Å². The Morgan fingerprint density at radius 3 is 3.07 bits per heavy atom. The van der Waals surface area contributed by atoms with Crippen LogP contribution in [0.4, 0.5) is 5.69 Å². The van der Waals surface area contributed by atoms with Crippen LogP contribution in [0.3, 0.4) is 0 Å². The largest absolute Gasteiger partial charge is 0.481 e. The van der Waals surface area contributed by atoms with Crippen molar-refractivity contribution in [3.05, 3.63) is 24.3 Å². The van der Waals surface area contributed by atoms with Gasteiger partial charge in [0.05, 0.1) is 12.1 Å². The second-order valence-corrected chi connectivity index (χ2v) is 3.75. The lowest BCUT2D eigenvalue weighted by atomic mass is 10.1. The van der Waals surface area contributed by atoms with Crippen molar-refractivity contribution in [2.24, 2.45) is 0 Å². The molecule has 3 rings (SSSR count). The first-order chi connectivity index (χ1) is 7.17. The number of nitrogens with one attached hydrogen (secondary N) is 2. The van der Waals surface area contributed by atoms with Gasteiger partial charge in [0.1, 0.15) is 5.75 Å². The van der Waals surface area contributed by atoms with Crippen molar-refractivity contribution in [3.63, 3.8) is 0 Å². The van der Waals surface area contributed by atoms with Gasteiger partial charge in [-0.15, -0.1) is 0 Å². The summed E-state index contributed by atoms with van der Waals surface area (Å²) in [6.07, 6.45) is -0.405. The van der Waals surface area contributed by atoms with E-state index >= 15 is 0 Å². The monoisotopic (exact) mass is 206 g/mol. The van der Waals surface area contributed by atoms with E-state index < -0.39 is 12.0 Å². The Labute approximate surface area is 86.0 Å². The lowest BCUT2D eigenvalue weighted by Gasteiger charge is -2.36. The van der Waals surface area contributed by atoms with Crippen LogP contribution in [0.2, 0.25) is 0 Å². The SMILES string of the molecule is O=C1CC2Oc3ccccc3NC2(O)N1. The van der Waals surface area contributed by atoms with E-state index in [1.165, 1.54) is 0 Å². The number of hydrogen-bond acceptors (Lipinski definition) is 4. The highest BCUT2D eigenvalue weighted by Gasteiger charge is 2.50. The Kier molecular flexibility index (Phi) is 1.50. The molecule has 5 nitrogen and oxygen atoms in total. The molecule has 5 heteroatoms. The summed E-state index contributed by atoms with van der Waals surface area (Å²) in [6.45, 7) is 0. The van der Waals surface area contributed by atoms with Crippen LogP contribution in [0.25, 0.3) is 0 Å². The predicted molar refractivity (Wildman–Crippen MR) is 52.2 cm³/mol. The number of anilines is 1. The molecule has 3 N–H and O–H groups in total. The Bertz CT molecular complexity index is 434. The molecule has 0 aliphatic carbocycles. The van der Waals surface area contributed by atoms with Gasteiger partial charge >= 0.3 is 0 Å². The number of carbonyl (C=O) groups excluding carboxylic acids is 1. The second kappa shape index (κ2) is 2.64. The Hall–Kier alpha value is -1.75. The van der Waals surface area contributed by atoms with Crippen LogP contribution in [-0.2, 0) is 4.79 Å². The summed E-state index contributed by atoms with van der Waals surface area (Å²) in [7, 11) is 0. The zero-order chi connectivity index (χ0) is 10.5. The highest BCUT2D eigenvalue weighted by Crippen LogP contribution is 2.36. The zero-order valence-corrected chi connectivity index (χ0v) is 7.86. The molecule has 2 atom stereocenters. The van der Waals surface area contributed by atoms with Gasteiger partial charge in [-0.2, -0.15) is 0 Å². The van der Waals surface area contributed by atoms with Crippen molar-refractivity contribution in [2.45, 2.75) is 18.4 Å². The summed E-state index contributed by atoms with van der Waals surface area (Å²) in [5.41, 5.74) is 0.679. The maximum atomic E-state index is 11.2. The van der Waals surface area contributed by atoms with E-state index in [2.05, 4.69) is 10.6 Å². The predicted octanol–water partition coefficient (Wildman–Crippen LogP) is 0.0255.